The summed E-state index contributed by atoms with van der Waals surface area (Å²) in [4.78, 5) is 39.9. The molecule has 0 heterocycles. The van der Waals surface area contributed by atoms with Crippen molar-refractivity contribution in [3.05, 3.63) is 47.5 Å². The zero-order valence-electron chi connectivity index (χ0n) is 24.2. The van der Waals surface area contributed by atoms with Gasteiger partial charge in [0.15, 0.2) is 0 Å². The number of benzene rings is 1. The van der Waals surface area contributed by atoms with Gasteiger partial charge in [-0.1, -0.05) is 84.9 Å². The molecule has 208 valence electrons. The van der Waals surface area contributed by atoms with Crippen LogP contribution < -0.4 is 10.6 Å². The third-order valence-electron chi connectivity index (χ3n) is 6.68. The monoisotopic (exact) mass is 517 g/mol. The molecule has 1 rings (SSSR count). The Labute approximate surface area is 222 Å². The van der Waals surface area contributed by atoms with Gasteiger partial charge in [-0.25, -0.2) is 4.79 Å². The van der Waals surface area contributed by atoms with Crippen molar-refractivity contribution < 1.29 is 24.2 Å². The topological polar surface area (TPSA) is 108 Å². The number of carboxylic acid groups (broad SMARTS) is 1. The molecule has 0 bridgehead atoms. The van der Waals surface area contributed by atoms with E-state index in [1.807, 2.05) is 91.8 Å². The standard InChI is InChI=1S/C29H47N3O5/c1-19(2)22(16-20(3)17-37-18-23(33)34)32(10)27(36)25(28(4,5)6)31-26(35)24(30-9)29(7,8)21-14-12-11-13-15-21/h11-16,19,22,24-25,30H,17-18H2,1-10H3,(H,31,35)(H,33,34)/t22-,24?,25-/m1/s1. The third-order valence-corrected chi connectivity index (χ3v) is 6.68. The second-order valence-electron chi connectivity index (χ2n) is 11.7. The first-order chi connectivity index (χ1) is 17.0. The molecule has 0 saturated heterocycles. The average Bonchev–Trinajstić information content (AvgIpc) is 2.79. The van der Waals surface area contributed by atoms with Gasteiger partial charge in [0.25, 0.3) is 0 Å². The van der Waals surface area contributed by atoms with Gasteiger partial charge in [0.1, 0.15) is 12.6 Å². The molecule has 0 aliphatic carbocycles. The number of hydrogen-bond acceptors (Lipinski definition) is 5. The number of nitrogens with zero attached hydrogens (tertiary/aromatic N) is 1. The number of hydrogen-bond donors (Lipinski definition) is 3. The number of likely N-dealkylation sites (N-methyl/N-ethyl adjacent to an activating group) is 2. The molecule has 0 aliphatic heterocycles. The van der Waals surface area contributed by atoms with Gasteiger partial charge < -0.3 is 25.4 Å². The van der Waals surface area contributed by atoms with Gasteiger partial charge in [-0.3, -0.25) is 9.59 Å². The van der Waals surface area contributed by atoms with Crippen molar-refractivity contribution in [3.8, 4) is 0 Å². The fraction of sp³-hybridized carbons (Fsp3) is 0.621. The van der Waals surface area contributed by atoms with E-state index >= 15 is 0 Å². The van der Waals surface area contributed by atoms with Crippen LogP contribution >= 0.6 is 0 Å². The predicted molar refractivity (Wildman–Crippen MR) is 147 cm³/mol. The van der Waals surface area contributed by atoms with Crippen molar-refractivity contribution in [1.82, 2.24) is 15.5 Å². The summed E-state index contributed by atoms with van der Waals surface area (Å²) in [5.41, 5.74) is 0.788. The molecule has 0 aliphatic rings. The molecule has 1 unspecified atom stereocenters. The maximum atomic E-state index is 13.8. The second-order valence-corrected chi connectivity index (χ2v) is 11.7. The van der Waals surface area contributed by atoms with Crippen LogP contribution in [0, 0.1) is 11.3 Å². The first-order valence-corrected chi connectivity index (χ1v) is 12.8. The molecule has 0 saturated carbocycles. The normalized spacial score (nSPS) is 15.2. The predicted octanol–water partition coefficient (Wildman–Crippen LogP) is 3.61. The number of carbonyl (C=O) groups excluding carboxylic acids is 2. The fourth-order valence-electron chi connectivity index (χ4n) is 4.47. The lowest BCUT2D eigenvalue weighted by atomic mass is 9.76. The molecule has 1 aromatic carbocycles. The summed E-state index contributed by atoms with van der Waals surface area (Å²) in [6.07, 6.45) is 1.93. The molecule has 0 spiro atoms. The van der Waals surface area contributed by atoms with Gasteiger partial charge in [-0.2, -0.15) is 0 Å². The highest BCUT2D eigenvalue weighted by atomic mass is 16.5. The maximum absolute atomic E-state index is 13.8. The molecule has 0 aromatic heterocycles. The number of aliphatic carboxylic acids is 1. The molecule has 8 heteroatoms. The SMILES string of the molecule is CNC(C(=O)N[C@H](C(=O)N(C)[C@H](C=C(C)COCC(=O)O)C(C)C)C(C)(C)C)C(C)(C)c1ccccc1. The Morgan fingerprint density at radius 3 is 2.05 bits per heavy atom. The second kappa shape index (κ2) is 13.7. The lowest BCUT2D eigenvalue weighted by molar-refractivity contribution is -0.141. The summed E-state index contributed by atoms with van der Waals surface area (Å²) < 4.78 is 5.20. The Bertz CT molecular complexity index is 935. The highest BCUT2D eigenvalue weighted by Gasteiger charge is 2.41. The molecule has 3 N–H and O–H groups in total. The van der Waals surface area contributed by atoms with Crippen LogP contribution in [-0.2, 0) is 24.5 Å². The molecule has 3 atom stereocenters. The Balaban J connectivity index is 3.20. The first-order valence-electron chi connectivity index (χ1n) is 12.8. The van der Waals surface area contributed by atoms with E-state index in [1.54, 1.807) is 19.0 Å². The Morgan fingerprint density at radius 1 is 1.03 bits per heavy atom. The van der Waals surface area contributed by atoms with Gasteiger partial charge in [0, 0.05) is 12.5 Å². The van der Waals surface area contributed by atoms with Crippen LogP contribution in [0.25, 0.3) is 0 Å². The van der Waals surface area contributed by atoms with Crippen LogP contribution in [0.4, 0.5) is 0 Å². The van der Waals surface area contributed by atoms with Gasteiger partial charge in [-0.05, 0) is 36.4 Å². The lowest BCUT2D eigenvalue weighted by Crippen LogP contribution is -2.61. The average molecular weight is 518 g/mol. The smallest absolute Gasteiger partial charge is 0.329 e. The van der Waals surface area contributed by atoms with Crippen molar-refractivity contribution in [2.24, 2.45) is 11.3 Å². The van der Waals surface area contributed by atoms with Crippen molar-refractivity contribution in [1.29, 1.82) is 0 Å². The number of rotatable bonds is 13. The lowest BCUT2D eigenvalue weighted by Gasteiger charge is -2.40. The molecule has 0 fully saturated rings. The first kappa shape index (κ1) is 32.3. The van der Waals surface area contributed by atoms with Gasteiger partial charge in [0.05, 0.1) is 18.7 Å². The van der Waals surface area contributed by atoms with Gasteiger partial charge in [-0.15, -0.1) is 0 Å². The molecular weight excluding hydrogens is 470 g/mol. The van der Waals surface area contributed by atoms with Crippen LogP contribution in [0.2, 0.25) is 0 Å². The highest BCUT2D eigenvalue weighted by Crippen LogP contribution is 2.29. The Kier molecular flexibility index (Phi) is 12.0. The highest BCUT2D eigenvalue weighted by molar-refractivity contribution is 5.91. The van der Waals surface area contributed by atoms with Gasteiger partial charge >= 0.3 is 5.97 Å². The van der Waals surface area contributed by atoms with Crippen molar-refractivity contribution in [3.63, 3.8) is 0 Å². The van der Waals surface area contributed by atoms with Crippen LogP contribution in [0.3, 0.4) is 0 Å². The van der Waals surface area contributed by atoms with E-state index in [2.05, 4.69) is 10.6 Å². The number of carboxylic acids is 1. The molecule has 0 radical (unpaired) electrons. The molecule has 37 heavy (non-hydrogen) atoms. The van der Waals surface area contributed by atoms with E-state index < -0.39 is 28.9 Å². The summed E-state index contributed by atoms with van der Waals surface area (Å²) in [7, 11) is 3.49. The van der Waals surface area contributed by atoms with Crippen LogP contribution in [0.1, 0.15) is 61.0 Å². The molecular formula is C29H47N3O5. The van der Waals surface area contributed by atoms with Crippen molar-refractivity contribution in [2.75, 3.05) is 27.3 Å². The zero-order valence-corrected chi connectivity index (χ0v) is 24.2. The number of carbonyl (C=O) groups is 3. The summed E-state index contributed by atoms with van der Waals surface area (Å²) in [5, 5.41) is 15.0. The van der Waals surface area contributed by atoms with Crippen LogP contribution in [0.15, 0.2) is 42.0 Å². The van der Waals surface area contributed by atoms with E-state index in [1.165, 1.54) is 0 Å². The molecule has 1 aromatic rings. The summed E-state index contributed by atoms with van der Waals surface area (Å²) in [6, 6.07) is 8.26. The minimum absolute atomic E-state index is 0.0850. The molecule has 2 amide bonds. The minimum atomic E-state index is -1.03. The summed E-state index contributed by atoms with van der Waals surface area (Å²) in [6.45, 7) is 15.5. The van der Waals surface area contributed by atoms with Crippen molar-refractivity contribution in [2.45, 2.75) is 78.9 Å². The third kappa shape index (κ3) is 9.27. The zero-order chi connectivity index (χ0) is 28.6. The van der Waals surface area contributed by atoms with E-state index in [0.717, 1.165) is 11.1 Å². The summed E-state index contributed by atoms with van der Waals surface area (Å²) >= 11 is 0. The number of amides is 2. The largest absolute Gasteiger partial charge is 0.480 e. The summed E-state index contributed by atoms with van der Waals surface area (Å²) in [5.74, 6) is -1.38. The van der Waals surface area contributed by atoms with E-state index in [4.69, 9.17) is 9.84 Å². The van der Waals surface area contributed by atoms with Crippen LogP contribution in [0.5, 0.6) is 0 Å². The van der Waals surface area contributed by atoms with Crippen molar-refractivity contribution >= 4 is 17.8 Å². The Hall–Kier alpha value is -2.71. The van der Waals surface area contributed by atoms with E-state index in [0.29, 0.717) is 0 Å². The molecule has 8 nitrogen and oxygen atoms in total. The quantitative estimate of drug-likeness (QED) is 0.345. The number of ether oxygens (including phenoxy) is 1. The Morgan fingerprint density at radius 2 is 1.59 bits per heavy atom. The van der Waals surface area contributed by atoms with Gasteiger partial charge in [0.2, 0.25) is 11.8 Å². The minimum Gasteiger partial charge on any atom is -0.480 e. The maximum Gasteiger partial charge on any atom is 0.329 e. The van der Waals surface area contributed by atoms with E-state index in [9.17, 15) is 14.4 Å². The van der Waals surface area contributed by atoms with Crippen LogP contribution in [-0.4, -0.2) is 73.2 Å². The number of nitrogens with one attached hydrogen (secondary N) is 2. The fourth-order valence-corrected chi connectivity index (χ4v) is 4.47. The van der Waals surface area contributed by atoms with E-state index in [-0.39, 0.29) is 37.0 Å².